The predicted molar refractivity (Wildman–Crippen MR) is 76.9 cm³/mol. The molecule has 1 heterocycles. The summed E-state index contributed by atoms with van der Waals surface area (Å²) in [5, 5.41) is 3.41. The molecule has 110 valence electrons. The van der Waals surface area contributed by atoms with E-state index in [0.29, 0.717) is 6.04 Å². The number of rotatable bonds is 7. The number of nitrogens with one attached hydrogen (secondary N) is 1. The Bertz CT molecular complexity index is 311. The summed E-state index contributed by atoms with van der Waals surface area (Å²) in [5.74, 6) is -0.216. The summed E-state index contributed by atoms with van der Waals surface area (Å²) in [4.78, 5) is 16.6. The van der Waals surface area contributed by atoms with Gasteiger partial charge in [0.05, 0.1) is 5.54 Å². The van der Waals surface area contributed by atoms with Crippen molar-refractivity contribution in [1.29, 1.82) is 0 Å². The maximum absolute atomic E-state index is 11.7. The molecule has 3 N–H and O–H groups in total. The van der Waals surface area contributed by atoms with Gasteiger partial charge >= 0.3 is 0 Å². The summed E-state index contributed by atoms with van der Waals surface area (Å²) in [6.07, 6.45) is 3.17. The zero-order valence-electron chi connectivity index (χ0n) is 12.3. The molecule has 1 atom stereocenters. The van der Waals surface area contributed by atoms with Crippen molar-refractivity contribution < 1.29 is 4.79 Å². The van der Waals surface area contributed by atoms with E-state index in [1.165, 1.54) is 12.8 Å². The number of nitrogens with zero attached hydrogens (tertiary/aromatic N) is 2. The number of likely N-dealkylation sites (N-methyl/N-ethyl adjacent to an activating group) is 1. The molecule has 2 fully saturated rings. The number of amides is 1. The number of nitrogens with two attached hydrogens (primary N) is 1. The number of hydrogen-bond acceptors (Lipinski definition) is 4. The highest BCUT2D eigenvalue weighted by molar-refractivity contribution is 5.84. The first-order valence-electron chi connectivity index (χ1n) is 7.56. The van der Waals surface area contributed by atoms with Gasteiger partial charge in [-0.3, -0.25) is 4.79 Å². The summed E-state index contributed by atoms with van der Waals surface area (Å²) >= 11 is 0. The van der Waals surface area contributed by atoms with Crippen molar-refractivity contribution in [2.24, 2.45) is 5.73 Å². The molecule has 1 aliphatic carbocycles. The molecular weight excluding hydrogens is 240 g/mol. The van der Waals surface area contributed by atoms with E-state index < -0.39 is 5.54 Å². The normalized spacial score (nSPS) is 25.2. The standard InChI is InChI=1S/C14H28N4O/c1-3-17-8-10-18(11-9-17)7-6-14(2,13(15)19)16-12-4-5-12/h12,16H,3-11H2,1-2H3,(H2,15,19). The van der Waals surface area contributed by atoms with Crippen molar-refractivity contribution >= 4 is 5.91 Å². The Morgan fingerprint density at radius 2 is 1.84 bits per heavy atom. The molecule has 0 aromatic heterocycles. The molecule has 0 radical (unpaired) electrons. The Kier molecular flexibility index (Phi) is 4.81. The van der Waals surface area contributed by atoms with Crippen LogP contribution in [0.2, 0.25) is 0 Å². The largest absolute Gasteiger partial charge is 0.368 e. The number of primary amides is 1. The molecule has 0 aromatic rings. The second kappa shape index (κ2) is 6.20. The van der Waals surface area contributed by atoms with E-state index in [9.17, 15) is 4.79 Å². The van der Waals surface area contributed by atoms with Crippen LogP contribution in [0.4, 0.5) is 0 Å². The average Bonchev–Trinajstić information content (AvgIpc) is 3.20. The third-order valence-corrected chi connectivity index (χ3v) is 4.48. The fraction of sp³-hybridized carbons (Fsp3) is 0.929. The summed E-state index contributed by atoms with van der Waals surface area (Å²) in [7, 11) is 0. The SMILES string of the molecule is CCN1CCN(CCC(C)(NC2CC2)C(N)=O)CC1. The zero-order chi connectivity index (χ0) is 13.9. The van der Waals surface area contributed by atoms with E-state index in [0.717, 1.165) is 45.7 Å². The van der Waals surface area contributed by atoms with E-state index in [1.807, 2.05) is 6.92 Å². The lowest BCUT2D eigenvalue weighted by Gasteiger charge is -2.36. The number of piperazine rings is 1. The molecule has 5 nitrogen and oxygen atoms in total. The van der Waals surface area contributed by atoms with Gasteiger partial charge in [0.2, 0.25) is 5.91 Å². The van der Waals surface area contributed by atoms with Crippen molar-refractivity contribution in [3.63, 3.8) is 0 Å². The summed E-state index contributed by atoms with van der Waals surface area (Å²) in [6, 6.07) is 0.509. The third-order valence-electron chi connectivity index (χ3n) is 4.48. The molecule has 0 bridgehead atoms. The van der Waals surface area contributed by atoms with Crippen molar-refractivity contribution in [1.82, 2.24) is 15.1 Å². The Hall–Kier alpha value is -0.650. The van der Waals surface area contributed by atoms with Crippen LogP contribution in [0.25, 0.3) is 0 Å². The van der Waals surface area contributed by atoms with Crippen LogP contribution in [-0.4, -0.2) is 66.6 Å². The topological polar surface area (TPSA) is 61.6 Å². The quantitative estimate of drug-likeness (QED) is 0.683. The second-order valence-electron chi connectivity index (χ2n) is 6.14. The van der Waals surface area contributed by atoms with Crippen LogP contribution in [0.15, 0.2) is 0 Å². The number of carbonyl (C=O) groups is 1. The van der Waals surface area contributed by atoms with Gasteiger partial charge in [-0.1, -0.05) is 6.92 Å². The smallest absolute Gasteiger partial charge is 0.237 e. The van der Waals surface area contributed by atoms with Crippen LogP contribution >= 0.6 is 0 Å². The molecule has 1 saturated heterocycles. The molecule has 19 heavy (non-hydrogen) atoms. The van der Waals surface area contributed by atoms with Gasteiger partial charge in [-0.2, -0.15) is 0 Å². The molecule has 1 saturated carbocycles. The molecule has 0 aromatic carbocycles. The van der Waals surface area contributed by atoms with Gasteiger partial charge in [0.1, 0.15) is 0 Å². The highest BCUT2D eigenvalue weighted by Crippen LogP contribution is 2.24. The van der Waals surface area contributed by atoms with Gasteiger partial charge in [-0.15, -0.1) is 0 Å². The maximum Gasteiger partial charge on any atom is 0.237 e. The van der Waals surface area contributed by atoms with Crippen molar-refractivity contribution in [2.45, 2.75) is 44.7 Å². The van der Waals surface area contributed by atoms with Crippen LogP contribution < -0.4 is 11.1 Å². The molecule has 1 amide bonds. The first kappa shape index (κ1) is 14.8. The van der Waals surface area contributed by atoms with Gasteiger partial charge in [0, 0.05) is 38.8 Å². The number of carbonyl (C=O) groups excluding carboxylic acids is 1. The average molecular weight is 268 g/mol. The zero-order valence-corrected chi connectivity index (χ0v) is 12.3. The summed E-state index contributed by atoms with van der Waals surface area (Å²) in [6.45, 7) is 10.7. The van der Waals surface area contributed by atoms with Crippen LogP contribution in [-0.2, 0) is 4.79 Å². The first-order valence-corrected chi connectivity index (χ1v) is 7.56. The minimum absolute atomic E-state index is 0.216. The van der Waals surface area contributed by atoms with Gasteiger partial charge in [0.25, 0.3) is 0 Å². The lowest BCUT2D eigenvalue weighted by atomic mass is 9.96. The molecular formula is C14H28N4O. The van der Waals surface area contributed by atoms with Crippen LogP contribution in [0.1, 0.15) is 33.1 Å². The van der Waals surface area contributed by atoms with Gasteiger partial charge in [0.15, 0.2) is 0 Å². The van der Waals surface area contributed by atoms with Gasteiger partial charge < -0.3 is 20.9 Å². The third kappa shape index (κ3) is 4.16. The van der Waals surface area contributed by atoms with Crippen LogP contribution in [0, 0.1) is 0 Å². The Morgan fingerprint density at radius 3 is 2.32 bits per heavy atom. The maximum atomic E-state index is 11.7. The molecule has 5 heteroatoms. The lowest BCUT2D eigenvalue weighted by Crippen LogP contribution is -2.56. The Balaban J connectivity index is 1.77. The molecule has 1 aliphatic heterocycles. The number of hydrogen-bond donors (Lipinski definition) is 2. The molecule has 2 aliphatic rings. The monoisotopic (exact) mass is 268 g/mol. The van der Waals surface area contributed by atoms with E-state index in [4.69, 9.17) is 5.73 Å². The molecule has 2 rings (SSSR count). The van der Waals surface area contributed by atoms with E-state index in [2.05, 4.69) is 22.0 Å². The Morgan fingerprint density at radius 1 is 1.26 bits per heavy atom. The first-order chi connectivity index (χ1) is 9.03. The summed E-state index contributed by atoms with van der Waals surface area (Å²) in [5.41, 5.74) is 5.04. The minimum atomic E-state index is -0.539. The second-order valence-corrected chi connectivity index (χ2v) is 6.14. The van der Waals surface area contributed by atoms with Crippen molar-refractivity contribution in [3.05, 3.63) is 0 Å². The van der Waals surface area contributed by atoms with Crippen molar-refractivity contribution in [2.75, 3.05) is 39.3 Å². The predicted octanol–water partition coefficient (Wildman–Crippen LogP) is 0.0100. The molecule has 1 unspecified atom stereocenters. The van der Waals surface area contributed by atoms with Crippen molar-refractivity contribution in [3.8, 4) is 0 Å². The molecule has 0 spiro atoms. The van der Waals surface area contributed by atoms with E-state index >= 15 is 0 Å². The van der Waals surface area contributed by atoms with Crippen LogP contribution in [0.3, 0.4) is 0 Å². The van der Waals surface area contributed by atoms with Gasteiger partial charge in [-0.25, -0.2) is 0 Å². The lowest BCUT2D eigenvalue weighted by molar-refractivity contribution is -0.124. The fourth-order valence-electron chi connectivity index (χ4n) is 2.66. The fourth-order valence-corrected chi connectivity index (χ4v) is 2.66. The van der Waals surface area contributed by atoms with Gasteiger partial charge in [-0.05, 0) is 32.7 Å². The van der Waals surface area contributed by atoms with E-state index in [-0.39, 0.29) is 5.91 Å². The summed E-state index contributed by atoms with van der Waals surface area (Å²) < 4.78 is 0. The van der Waals surface area contributed by atoms with E-state index in [1.54, 1.807) is 0 Å². The highest BCUT2D eigenvalue weighted by atomic mass is 16.1. The highest BCUT2D eigenvalue weighted by Gasteiger charge is 2.37. The minimum Gasteiger partial charge on any atom is -0.368 e. The Labute approximate surface area is 116 Å². The van der Waals surface area contributed by atoms with Crippen LogP contribution in [0.5, 0.6) is 0 Å².